The first-order valence-electron chi connectivity index (χ1n) is 6.40. The summed E-state index contributed by atoms with van der Waals surface area (Å²) in [4.78, 5) is 14.1. The molecular weight excluding hydrogens is 254 g/mol. The minimum atomic E-state index is -3.37. The van der Waals surface area contributed by atoms with E-state index < -0.39 is 14.6 Å². The van der Waals surface area contributed by atoms with Crippen LogP contribution in [0.15, 0.2) is 0 Å². The number of rotatable bonds is 3. The fraction of sp³-hybridized carbons (Fsp3) is 0.917. The van der Waals surface area contributed by atoms with Gasteiger partial charge in [-0.15, -0.1) is 0 Å². The number of morpholine rings is 1. The van der Waals surface area contributed by atoms with Gasteiger partial charge < -0.3 is 9.64 Å². The Hall–Kier alpha value is -0.620. The first kappa shape index (κ1) is 13.8. The summed E-state index contributed by atoms with van der Waals surface area (Å²) in [6, 6.07) is -0.0556. The van der Waals surface area contributed by atoms with Crippen molar-refractivity contribution in [2.24, 2.45) is 0 Å². The van der Waals surface area contributed by atoms with Crippen LogP contribution in [0.25, 0.3) is 0 Å². The average Bonchev–Trinajstić information content (AvgIpc) is 3.12. The molecule has 0 aromatic heterocycles. The molecule has 2 rings (SSSR count). The number of sulfone groups is 1. The van der Waals surface area contributed by atoms with E-state index in [0.29, 0.717) is 32.6 Å². The molecule has 1 saturated carbocycles. The highest BCUT2D eigenvalue weighted by molar-refractivity contribution is 7.94. The van der Waals surface area contributed by atoms with Crippen molar-refractivity contribution in [2.75, 3.05) is 19.8 Å². The van der Waals surface area contributed by atoms with E-state index in [4.69, 9.17) is 4.74 Å². The summed E-state index contributed by atoms with van der Waals surface area (Å²) in [5.74, 6) is -0.287. The Morgan fingerprint density at radius 1 is 1.33 bits per heavy atom. The molecule has 5 nitrogen and oxygen atoms in total. The van der Waals surface area contributed by atoms with Gasteiger partial charge in [-0.3, -0.25) is 4.79 Å². The number of nitrogens with zero attached hydrogens (tertiary/aromatic N) is 1. The van der Waals surface area contributed by atoms with Crippen LogP contribution in [0.5, 0.6) is 0 Å². The topological polar surface area (TPSA) is 63.7 Å². The standard InChI is InChI=1S/C12H21NO4S/c1-9-8-17-7-6-13(9)11(14)12(2,3)18(15,16)10-4-5-10/h9-10H,4-8H2,1-3H3/t9-/m1/s1. The number of carbonyl (C=O) groups is 1. The molecule has 0 aromatic carbocycles. The summed E-state index contributed by atoms with van der Waals surface area (Å²) >= 11 is 0. The monoisotopic (exact) mass is 275 g/mol. The van der Waals surface area contributed by atoms with Crippen LogP contribution in [-0.2, 0) is 19.4 Å². The third kappa shape index (κ3) is 2.16. The van der Waals surface area contributed by atoms with Crippen LogP contribution in [0.1, 0.15) is 33.6 Å². The van der Waals surface area contributed by atoms with Gasteiger partial charge in [-0.1, -0.05) is 0 Å². The maximum absolute atomic E-state index is 12.5. The Bertz CT molecular complexity index is 439. The lowest BCUT2D eigenvalue weighted by Gasteiger charge is -2.38. The molecule has 2 aliphatic rings. The van der Waals surface area contributed by atoms with Gasteiger partial charge in [0.05, 0.1) is 24.5 Å². The van der Waals surface area contributed by atoms with E-state index in [1.165, 1.54) is 13.8 Å². The van der Waals surface area contributed by atoms with Crippen molar-refractivity contribution >= 4 is 15.7 Å². The number of hydrogen-bond donors (Lipinski definition) is 0. The van der Waals surface area contributed by atoms with Crippen molar-refractivity contribution in [1.29, 1.82) is 0 Å². The summed E-state index contributed by atoms with van der Waals surface area (Å²) in [6.07, 6.45) is 1.38. The summed E-state index contributed by atoms with van der Waals surface area (Å²) in [5.41, 5.74) is 0. The molecule has 0 spiro atoms. The van der Waals surface area contributed by atoms with Gasteiger partial charge in [0.25, 0.3) is 0 Å². The molecule has 104 valence electrons. The van der Waals surface area contributed by atoms with Gasteiger partial charge in [-0.25, -0.2) is 8.42 Å². The summed E-state index contributed by atoms with van der Waals surface area (Å²) in [7, 11) is -3.37. The van der Waals surface area contributed by atoms with Crippen molar-refractivity contribution < 1.29 is 17.9 Å². The molecule has 18 heavy (non-hydrogen) atoms. The van der Waals surface area contributed by atoms with Crippen molar-refractivity contribution in [2.45, 2.75) is 49.7 Å². The third-order valence-corrected chi connectivity index (χ3v) is 6.76. The third-order valence-electron chi connectivity index (χ3n) is 3.82. The SMILES string of the molecule is C[C@@H]1COCCN1C(=O)C(C)(C)S(=O)(=O)C1CC1. The van der Waals surface area contributed by atoms with Crippen molar-refractivity contribution in [3.63, 3.8) is 0 Å². The molecule has 2 fully saturated rings. The highest BCUT2D eigenvalue weighted by atomic mass is 32.2. The second kappa shape index (κ2) is 4.49. The molecule has 1 heterocycles. The maximum Gasteiger partial charge on any atom is 0.243 e. The van der Waals surface area contributed by atoms with Crippen LogP contribution in [-0.4, -0.2) is 55.0 Å². The summed E-state index contributed by atoms with van der Waals surface area (Å²) in [5, 5.41) is -0.312. The Morgan fingerprint density at radius 2 is 1.94 bits per heavy atom. The molecule has 0 bridgehead atoms. The van der Waals surface area contributed by atoms with Crippen LogP contribution in [0, 0.1) is 0 Å². The normalized spacial score (nSPS) is 26.2. The first-order valence-corrected chi connectivity index (χ1v) is 7.95. The van der Waals surface area contributed by atoms with Gasteiger partial charge in [0.1, 0.15) is 4.75 Å². The number of ether oxygens (including phenoxy) is 1. The molecular formula is C12H21NO4S. The first-order chi connectivity index (χ1) is 8.28. The molecule has 1 atom stereocenters. The summed E-state index contributed by atoms with van der Waals surface area (Å²) < 4.78 is 28.6. The van der Waals surface area contributed by atoms with Gasteiger partial charge in [0, 0.05) is 6.54 Å². The van der Waals surface area contributed by atoms with E-state index in [2.05, 4.69) is 0 Å². The van der Waals surface area contributed by atoms with E-state index >= 15 is 0 Å². The van der Waals surface area contributed by atoms with Crippen LogP contribution in [0.2, 0.25) is 0 Å². The van der Waals surface area contributed by atoms with Crippen LogP contribution < -0.4 is 0 Å². The minimum absolute atomic E-state index is 0.0556. The molecule has 1 saturated heterocycles. The van der Waals surface area contributed by atoms with Crippen LogP contribution in [0.4, 0.5) is 0 Å². The van der Waals surface area contributed by atoms with E-state index in [-0.39, 0.29) is 17.2 Å². The van der Waals surface area contributed by atoms with Gasteiger partial charge in [-0.2, -0.15) is 0 Å². The van der Waals surface area contributed by atoms with E-state index in [9.17, 15) is 13.2 Å². The molecule has 1 amide bonds. The summed E-state index contributed by atoms with van der Waals surface area (Å²) in [6.45, 7) is 6.39. The molecule has 1 aliphatic carbocycles. The van der Waals surface area contributed by atoms with Crippen molar-refractivity contribution in [1.82, 2.24) is 4.90 Å². The Labute approximate surface area is 108 Å². The maximum atomic E-state index is 12.5. The minimum Gasteiger partial charge on any atom is -0.377 e. The molecule has 6 heteroatoms. The fourth-order valence-corrected chi connectivity index (χ4v) is 4.24. The van der Waals surface area contributed by atoms with Gasteiger partial charge in [0.2, 0.25) is 5.91 Å². The predicted molar refractivity (Wildman–Crippen MR) is 68.0 cm³/mol. The van der Waals surface area contributed by atoms with E-state index in [1.54, 1.807) is 4.90 Å². The zero-order valence-electron chi connectivity index (χ0n) is 11.2. The highest BCUT2D eigenvalue weighted by Gasteiger charge is 2.52. The smallest absolute Gasteiger partial charge is 0.243 e. The predicted octanol–water partition coefficient (Wildman–Crippen LogP) is 0.589. The molecule has 1 aliphatic heterocycles. The van der Waals surface area contributed by atoms with Crippen molar-refractivity contribution in [3.05, 3.63) is 0 Å². The zero-order chi connectivity index (χ0) is 13.6. The lowest BCUT2D eigenvalue weighted by Crippen LogP contribution is -2.57. The van der Waals surface area contributed by atoms with Gasteiger partial charge in [-0.05, 0) is 33.6 Å². The second-order valence-corrected chi connectivity index (χ2v) is 8.45. The van der Waals surface area contributed by atoms with Crippen LogP contribution in [0.3, 0.4) is 0 Å². The molecule has 0 unspecified atom stereocenters. The molecule has 0 aromatic rings. The molecule has 0 radical (unpaired) electrons. The van der Waals surface area contributed by atoms with E-state index in [0.717, 1.165) is 0 Å². The number of hydrogen-bond acceptors (Lipinski definition) is 4. The Morgan fingerprint density at radius 3 is 2.44 bits per heavy atom. The quantitative estimate of drug-likeness (QED) is 0.756. The second-order valence-electron chi connectivity index (χ2n) is 5.68. The van der Waals surface area contributed by atoms with Crippen molar-refractivity contribution in [3.8, 4) is 0 Å². The number of carbonyl (C=O) groups excluding carboxylic acids is 1. The van der Waals surface area contributed by atoms with Gasteiger partial charge >= 0.3 is 0 Å². The highest BCUT2D eigenvalue weighted by Crippen LogP contribution is 2.37. The van der Waals surface area contributed by atoms with Gasteiger partial charge in [0.15, 0.2) is 9.84 Å². The van der Waals surface area contributed by atoms with E-state index in [1.807, 2.05) is 6.92 Å². The number of amides is 1. The average molecular weight is 275 g/mol. The lowest BCUT2D eigenvalue weighted by atomic mass is 10.1. The zero-order valence-corrected chi connectivity index (χ0v) is 12.0. The molecule has 0 N–H and O–H groups in total. The Kier molecular flexibility index (Phi) is 3.44. The largest absolute Gasteiger partial charge is 0.377 e. The Balaban J connectivity index is 2.21. The fourth-order valence-electron chi connectivity index (χ4n) is 2.29. The lowest BCUT2D eigenvalue weighted by molar-refractivity contribution is -0.141. The van der Waals surface area contributed by atoms with Crippen LogP contribution >= 0.6 is 0 Å².